The molecule has 2 aliphatic heterocycles. The van der Waals surface area contributed by atoms with Gasteiger partial charge in [0.05, 0.1) is 23.3 Å². The summed E-state index contributed by atoms with van der Waals surface area (Å²) < 4.78 is 38.7. The molecule has 1 aromatic heterocycles. The van der Waals surface area contributed by atoms with E-state index in [0.717, 1.165) is 51.5 Å². The fourth-order valence-electron chi connectivity index (χ4n) is 5.40. The molecule has 0 fully saturated rings. The minimum absolute atomic E-state index is 0. The van der Waals surface area contributed by atoms with Crippen LogP contribution in [-0.2, 0) is 13.0 Å². The van der Waals surface area contributed by atoms with E-state index in [1.807, 2.05) is 12.1 Å². The molecule has 0 saturated carbocycles. The third kappa shape index (κ3) is 3.58. The highest BCUT2D eigenvalue weighted by atomic mass is 79.9. The number of halogens is 2. The molecule has 0 N–H and O–H groups in total. The van der Waals surface area contributed by atoms with Gasteiger partial charge in [-0.15, -0.1) is 0 Å². The van der Waals surface area contributed by atoms with Crippen LogP contribution >= 0.6 is 0 Å². The Bertz CT molecular complexity index is 1740. The van der Waals surface area contributed by atoms with Crippen molar-refractivity contribution in [2.24, 2.45) is 0 Å². The number of hydrogen-bond acceptors (Lipinski definition) is 5. The van der Waals surface area contributed by atoms with Crippen molar-refractivity contribution >= 4 is 38.2 Å². The van der Waals surface area contributed by atoms with Gasteiger partial charge < -0.3 is 35.9 Å². The zero-order valence-electron chi connectivity index (χ0n) is 19.8. The van der Waals surface area contributed by atoms with E-state index in [2.05, 4.69) is 29.0 Å². The first kappa shape index (κ1) is 23.5. The Kier molecular flexibility index (Phi) is 5.64. The van der Waals surface area contributed by atoms with Crippen LogP contribution in [0.3, 0.4) is 0 Å². The molecule has 0 unspecified atom stereocenters. The number of carbonyl (C=O) groups excluding carboxylic acids is 1. The number of methoxy groups -OCH3 is 1. The molecule has 0 saturated heterocycles. The standard InChI is InChI=1S/C29H21FNO5.BrH/c1-33-24-9-8-19-20-6-7-21-26-17(12-25-28(21)36-15-35-25)10-11-31(27(20)26)13-22(19)29(24)34-14-23(32)16-2-4-18(30)5-3-16;/h2-9,12-13H,10-11,14-15H2,1H3;1H/q+1;/p-1. The molecule has 0 atom stereocenters. The van der Waals surface area contributed by atoms with Gasteiger partial charge in [0.1, 0.15) is 5.82 Å². The van der Waals surface area contributed by atoms with E-state index in [1.54, 1.807) is 7.11 Å². The zero-order valence-corrected chi connectivity index (χ0v) is 21.4. The van der Waals surface area contributed by atoms with Gasteiger partial charge in [-0.3, -0.25) is 4.79 Å². The van der Waals surface area contributed by atoms with Crippen molar-refractivity contribution in [2.45, 2.75) is 13.0 Å². The van der Waals surface area contributed by atoms with Crippen molar-refractivity contribution in [3.05, 3.63) is 77.7 Å². The Hall–Kier alpha value is -3.91. The van der Waals surface area contributed by atoms with Gasteiger partial charge in [0.25, 0.3) is 0 Å². The van der Waals surface area contributed by atoms with Crippen LogP contribution in [-0.4, -0.2) is 26.3 Å². The molecule has 0 bridgehead atoms. The molecule has 0 aliphatic carbocycles. The molecule has 4 aromatic carbocycles. The Morgan fingerprint density at radius 3 is 2.59 bits per heavy atom. The summed E-state index contributed by atoms with van der Waals surface area (Å²) in [6, 6.07) is 15.6. The van der Waals surface area contributed by atoms with Crippen LogP contribution in [0.4, 0.5) is 4.39 Å². The Labute approximate surface area is 221 Å². The van der Waals surface area contributed by atoms with Crippen molar-refractivity contribution in [3.63, 3.8) is 0 Å². The van der Waals surface area contributed by atoms with Crippen molar-refractivity contribution in [3.8, 4) is 23.0 Å². The van der Waals surface area contributed by atoms with Crippen LogP contribution in [0.25, 0.3) is 32.4 Å². The highest BCUT2D eigenvalue weighted by Crippen LogP contribution is 2.46. The summed E-state index contributed by atoms with van der Waals surface area (Å²) in [5.74, 6) is 2.02. The largest absolute Gasteiger partial charge is 1.00 e. The Morgan fingerprint density at radius 2 is 1.78 bits per heavy atom. The molecule has 3 heterocycles. The van der Waals surface area contributed by atoms with Crippen molar-refractivity contribution in [1.82, 2.24) is 0 Å². The smallest absolute Gasteiger partial charge is 0.231 e. The van der Waals surface area contributed by atoms with Gasteiger partial charge >= 0.3 is 0 Å². The topological polar surface area (TPSA) is 57.9 Å². The van der Waals surface area contributed by atoms with Crippen LogP contribution in [0.5, 0.6) is 23.0 Å². The molecular formula is C29H21BrFNO5. The number of Topliss-reactive ketones (excluding diaryl/α,β-unsaturated/α-hetero) is 1. The second-order valence-electron chi connectivity index (χ2n) is 9.00. The average molecular weight is 562 g/mol. The second-order valence-corrected chi connectivity index (χ2v) is 9.00. The third-order valence-electron chi connectivity index (χ3n) is 7.07. The molecule has 186 valence electrons. The predicted molar refractivity (Wildman–Crippen MR) is 132 cm³/mol. The van der Waals surface area contributed by atoms with E-state index >= 15 is 0 Å². The molecule has 0 spiro atoms. The van der Waals surface area contributed by atoms with Gasteiger partial charge in [0.15, 0.2) is 48.1 Å². The maximum absolute atomic E-state index is 13.3. The van der Waals surface area contributed by atoms with Gasteiger partial charge in [0.2, 0.25) is 12.3 Å². The maximum atomic E-state index is 13.3. The fraction of sp³-hybridized carbons (Fsp3) is 0.172. The molecule has 6 nitrogen and oxygen atoms in total. The third-order valence-corrected chi connectivity index (χ3v) is 7.07. The first-order valence-electron chi connectivity index (χ1n) is 11.7. The summed E-state index contributed by atoms with van der Waals surface area (Å²) in [6.45, 7) is 0.842. The van der Waals surface area contributed by atoms with E-state index in [4.69, 9.17) is 18.9 Å². The summed E-state index contributed by atoms with van der Waals surface area (Å²) >= 11 is 0. The minimum Gasteiger partial charge on any atom is -1.00 e. The van der Waals surface area contributed by atoms with Crippen molar-refractivity contribution in [1.29, 1.82) is 0 Å². The number of hydrogen-bond donors (Lipinski definition) is 0. The van der Waals surface area contributed by atoms with Crippen molar-refractivity contribution in [2.75, 3.05) is 20.5 Å². The van der Waals surface area contributed by atoms with Crippen LogP contribution in [0.1, 0.15) is 15.9 Å². The quantitative estimate of drug-likeness (QED) is 0.187. The SMILES string of the molecule is COc1ccc2c(c[n+]3c4c2ccc2c5c(cc(c24)CC3)OCO5)c1OCC(=O)c1ccc(F)cc1.[Br-]. The molecule has 7 rings (SSSR count). The van der Waals surface area contributed by atoms with Gasteiger partial charge in [-0.1, -0.05) is 0 Å². The number of aromatic nitrogens is 1. The van der Waals surface area contributed by atoms with Crippen LogP contribution < -0.4 is 40.5 Å². The normalized spacial score (nSPS) is 13.2. The summed E-state index contributed by atoms with van der Waals surface area (Å²) in [7, 11) is 1.58. The molecule has 0 amide bonds. The molecule has 0 radical (unpaired) electrons. The van der Waals surface area contributed by atoms with E-state index in [9.17, 15) is 9.18 Å². The van der Waals surface area contributed by atoms with E-state index < -0.39 is 0 Å². The lowest BCUT2D eigenvalue weighted by molar-refractivity contribution is -0.670. The number of fused-ring (bicyclic) bond motifs is 4. The lowest BCUT2D eigenvalue weighted by atomic mass is 9.93. The lowest BCUT2D eigenvalue weighted by Gasteiger charge is -2.18. The number of ketones is 1. The predicted octanol–water partition coefficient (Wildman–Crippen LogP) is 2.13. The number of rotatable bonds is 5. The fourth-order valence-corrected chi connectivity index (χ4v) is 5.40. The lowest BCUT2D eigenvalue weighted by Crippen LogP contribution is -3.00. The van der Waals surface area contributed by atoms with Crippen LogP contribution in [0.2, 0.25) is 0 Å². The summed E-state index contributed by atoms with van der Waals surface area (Å²) in [4.78, 5) is 12.7. The highest BCUT2D eigenvalue weighted by Gasteiger charge is 2.30. The van der Waals surface area contributed by atoms with Crippen molar-refractivity contribution < 1.29 is 49.7 Å². The number of aryl methyl sites for hydroxylation is 2. The highest BCUT2D eigenvalue weighted by molar-refractivity contribution is 6.17. The van der Waals surface area contributed by atoms with Crippen LogP contribution in [0, 0.1) is 5.82 Å². The molecular weight excluding hydrogens is 541 g/mol. The van der Waals surface area contributed by atoms with E-state index in [1.165, 1.54) is 35.2 Å². The molecule has 8 heteroatoms. The minimum atomic E-state index is -0.388. The molecule has 2 aliphatic rings. The van der Waals surface area contributed by atoms with Gasteiger partial charge in [-0.05, 0) is 60.2 Å². The molecule has 37 heavy (non-hydrogen) atoms. The van der Waals surface area contributed by atoms with E-state index in [0.29, 0.717) is 17.1 Å². The van der Waals surface area contributed by atoms with Gasteiger partial charge in [-0.2, -0.15) is 4.57 Å². The number of benzene rings is 4. The first-order chi connectivity index (χ1) is 17.6. The van der Waals surface area contributed by atoms with Gasteiger partial charge in [0, 0.05) is 22.8 Å². The second kappa shape index (κ2) is 8.88. The molecule has 5 aromatic rings. The summed E-state index contributed by atoms with van der Waals surface area (Å²) in [5, 5.41) is 5.16. The monoisotopic (exact) mass is 561 g/mol. The van der Waals surface area contributed by atoms with E-state index in [-0.39, 0.29) is 42.0 Å². The number of ether oxygens (including phenoxy) is 4. The first-order valence-corrected chi connectivity index (χ1v) is 11.7. The number of carbonyl (C=O) groups is 1. The Balaban J connectivity index is 0.00000252. The van der Waals surface area contributed by atoms with Gasteiger partial charge in [-0.25, -0.2) is 4.39 Å². The number of nitrogens with zero attached hydrogens (tertiary/aromatic N) is 1. The summed E-state index contributed by atoms with van der Waals surface area (Å²) in [5.41, 5.74) is 2.77. The maximum Gasteiger partial charge on any atom is 0.231 e. The number of pyridine rings is 1. The average Bonchev–Trinajstić information content (AvgIpc) is 3.38. The zero-order chi connectivity index (χ0) is 24.4. The summed E-state index contributed by atoms with van der Waals surface area (Å²) in [6.07, 6.45) is 2.93. The van der Waals surface area contributed by atoms with Crippen LogP contribution in [0.15, 0.2) is 60.8 Å². The Morgan fingerprint density at radius 1 is 1.00 bits per heavy atom.